The van der Waals surface area contributed by atoms with Gasteiger partial charge in [0.25, 0.3) is 0 Å². The van der Waals surface area contributed by atoms with Crippen molar-refractivity contribution in [1.82, 2.24) is 10.2 Å². The molecule has 0 unspecified atom stereocenters. The van der Waals surface area contributed by atoms with E-state index >= 15 is 0 Å². The number of nitrogens with zero attached hydrogens (tertiary/aromatic N) is 3. The van der Waals surface area contributed by atoms with Crippen LogP contribution in [0.2, 0.25) is 0 Å². The molecule has 0 aromatic heterocycles. The van der Waals surface area contributed by atoms with E-state index in [2.05, 4.69) is 21.2 Å². The van der Waals surface area contributed by atoms with Crippen molar-refractivity contribution in [2.75, 3.05) is 44.2 Å². The smallest absolute Gasteiger partial charge is 0.124 e. The fraction of sp³-hybridized carbons (Fsp3) is 0.500. The Morgan fingerprint density at radius 3 is 2.53 bits per heavy atom. The van der Waals surface area contributed by atoms with Gasteiger partial charge in [-0.05, 0) is 18.2 Å². The fourth-order valence-electron chi connectivity index (χ4n) is 2.73. The maximum Gasteiger partial charge on any atom is 0.124 e. The van der Waals surface area contributed by atoms with Crippen molar-refractivity contribution in [2.24, 2.45) is 0 Å². The number of benzene rings is 1. The molecule has 1 aromatic rings. The summed E-state index contributed by atoms with van der Waals surface area (Å²) in [5, 5.41) is 12.4. The zero-order chi connectivity index (χ0) is 13.2. The van der Waals surface area contributed by atoms with Crippen LogP contribution in [0.1, 0.15) is 5.56 Å². The van der Waals surface area contributed by atoms with Crippen LogP contribution >= 0.6 is 0 Å². The molecule has 2 aliphatic rings. The predicted octanol–water partition coefficient (Wildman–Crippen LogP) is 0.791. The molecular formula is C14H17FN4. The van der Waals surface area contributed by atoms with Crippen LogP contribution in [0.4, 0.5) is 10.1 Å². The number of rotatable bonds is 2. The second-order valence-electron chi connectivity index (χ2n) is 5.11. The summed E-state index contributed by atoms with van der Waals surface area (Å²) in [6.45, 7) is 5.98. The second kappa shape index (κ2) is 5.16. The van der Waals surface area contributed by atoms with E-state index in [1.807, 2.05) is 0 Å². The van der Waals surface area contributed by atoms with Crippen LogP contribution in [0.5, 0.6) is 0 Å². The molecule has 0 saturated carbocycles. The molecule has 100 valence electrons. The first-order valence-electron chi connectivity index (χ1n) is 6.67. The van der Waals surface area contributed by atoms with Gasteiger partial charge in [0.15, 0.2) is 0 Å². The summed E-state index contributed by atoms with van der Waals surface area (Å²) >= 11 is 0. The van der Waals surface area contributed by atoms with Gasteiger partial charge in [0.2, 0.25) is 0 Å². The summed E-state index contributed by atoms with van der Waals surface area (Å²) in [5.41, 5.74) is 1.29. The third kappa shape index (κ3) is 2.42. The number of piperazine rings is 1. The van der Waals surface area contributed by atoms with Gasteiger partial charge in [-0.3, -0.25) is 4.90 Å². The average molecular weight is 260 g/mol. The zero-order valence-corrected chi connectivity index (χ0v) is 10.8. The highest BCUT2D eigenvalue weighted by molar-refractivity contribution is 5.59. The molecule has 0 spiro atoms. The first kappa shape index (κ1) is 12.4. The highest BCUT2D eigenvalue weighted by atomic mass is 19.1. The van der Waals surface area contributed by atoms with Gasteiger partial charge in [-0.15, -0.1) is 0 Å². The molecule has 1 aromatic carbocycles. The van der Waals surface area contributed by atoms with E-state index in [1.54, 1.807) is 6.07 Å². The predicted molar refractivity (Wildman–Crippen MR) is 71.6 cm³/mol. The van der Waals surface area contributed by atoms with Gasteiger partial charge >= 0.3 is 0 Å². The van der Waals surface area contributed by atoms with Crippen LogP contribution in [-0.2, 0) is 0 Å². The van der Waals surface area contributed by atoms with Crippen LogP contribution in [-0.4, -0.2) is 50.2 Å². The summed E-state index contributed by atoms with van der Waals surface area (Å²) in [4.78, 5) is 4.67. The van der Waals surface area contributed by atoms with Gasteiger partial charge in [-0.2, -0.15) is 5.26 Å². The molecule has 5 heteroatoms. The van der Waals surface area contributed by atoms with E-state index in [4.69, 9.17) is 5.26 Å². The molecule has 2 heterocycles. The second-order valence-corrected chi connectivity index (χ2v) is 5.11. The van der Waals surface area contributed by atoms with Crippen LogP contribution in [0.15, 0.2) is 18.2 Å². The van der Waals surface area contributed by atoms with Crippen molar-refractivity contribution in [1.29, 1.82) is 5.26 Å². The van der Waals surface area contributed by atoms with Crippen LogP contribution in [0.3, 0.4) is 0 Å². The molecular weight excluding hydrogens is 243 g/mol. The Morgan fingerprint density at radius 2 is 1.95 bits per heavy atom. The van der Waals surface area contributed by atoms with Gasteiger partial charge in [0.1, 0.15) is 11.9 Å². The monoisotopic (exact) mass is 260 g/mol. The molecule has 3 rings (SSSR count). The lowest BCUT2D eigenvalue weighted by Gasteiger charge is -2.44. The maximum atomic E-state index is 13.1. The summed E-state index contributed by atoms with van der Waals surface area (Å²) in [5.74, 6) is -0.348. The van der Waals surface area contributed by atoms with E-state index in [1.165, 1.54) is 12.1 Å². The molecule has 2 saturated heterocycles. The summed E-state index contributed by atoms with van der Waals surface area (Å²) < 4.78 is 13.1. The van der Waals surface area contributed by atoms with E-state index < -0.39 is 0 Å². The van der Waals surface area contributed by atoms with Crippen molar-refractivity contribution in [3.63, 3.8) is 0 Å². The number of hydrogen-bond acceptors (Lipinski definition) is 4. The maximum absolute atomic E-state index is 13.1. The Balaban J connectivity index is 1.69. The van der Waals surface area contributed by atoms with Crippen LogP contribution < -0.4 is 10.2 Å². The van der Waals surface area contributed by atoms with E-state index in [9.17, 15) is 4.39 Å². The van der Waals surface area contributed by atoms with E-state index in [0.29, 0.717) is 11.6 Å². The van der Waals surface area contributed by atoms with Gasteiger partial charge < -0.3 is 10.2 Å². The molecule has 0 radical (unpaired) electrons. The summed E-state index contributed by atoms with van der Waals surface area (Å²) in [6.07, 6.45) is 0. The van der Waals surface area contributed by atoms with E-state index in [-0.39, 0.29) is 5.82 Å². The number of halogens is 1. The largest absolute Gasteiger partial charge is 0.368 e. The lowest BCUT2D eigenvalue weighted by Crippen LogP contribution is -2.61. The molecule has 1 N–H and O–H groups in total. The SMILES string of the molecule is N#Cc1cc(F)ccc1N1CCN(C2CNC2)CC1. The fourth-order valence-corrected chi connectivity index (χ4v) is 2.73. The minimum atomic E-state index is -0.348. The number of nitrogens with one attached hydrogen (secondary N) is 1. The third-order valence-electron chi connectivity index (χ3n) is 4.01. The zero-order valence-electron chi connectivity index (χ0n) is 10.8. The Hall–Kier alpha value is -1.64. The molecule has 4 nitrogen and oxygen atoms in total. The average Bonchev–Trinajstić information content (AvgIpc) is 2.38. The quantitative estimate of drug-likeness (QED) is 0.854. The topological polar surface area (TPSA) is 42.3 Å². The van der Waals surface area contributed by atoms with E-state index in [0.717, 1.165) is 45.0 Å². The first-order valence-corrected chi connectivity index (χ1v) is 6.67. The van der Waals surface area contributed by atoms with Gasteiger partial charge in [0.05, 0.1) is 11.3 Å². The Morgan fingerprint density at radius 1 is 1.21 bits per heavy atom. The number of anilines is 1. The Bertz CT molecular complexity index is 499. The molecule has 2 aliphatic heterocycles. The Labute approximate surface area is 112 Å². The molecule has 0 aliphatic carbocycles. The number of nitriles is 1. The molecule has 19 heavy (non-hydrogen) atoms. The van der Waals surface area contributed by atoms with Crippen molar-refractivity contribution >= 4 is 5.69 Å². The molecule has 2 fully saturated rings. The summed E-state index contributed by atoms with van der Waals surface area (Å²) in [6, 6.07) is 7.22. The minimum absolute atomic E-state index is 0.348. The van der Waals surface area contributed by atoms with Gasteiger partial charge in [-0.1, -0.05) is 0 Å². The van der Waals surface area contributed by atoms with Crippen LogP contribution in [0.25, 0.3) is 0 Å². The summed E-state index contributed by atoms with van der Waals surface area (Å²) in [7, 11) is 0. The number of hydrogen-bond donors (Lipinski definition) is 1. The van der Waals surface area contributed by atoms with Crippen molar-refractivity contribution in [2.45, 2.75) is 6.04 Å². The highest BCUT2D eigenvalue weighted by Gasteiger charge is 2.28. The minimum Gasteiger partial charge on any atom is -0.368 e. The highest BCUT2D eigenvalue weighted by Crippen LogP contribution is 2.23. The molecule has 0 amide bonds. The van der Waals surface area contributed by atoms with Crippen molar-refractivity contribution in [3.8, 4) is 6.07 Å². The van der Waals surface area contributed by atoms with Gasteiger partial charge in [0, 0.05) is 45.3 Å². The normalized spacial score (nSPS) is 20.9. The van der Waals surface area contributed by atoms with Crippen molar-refractivity contribution < 1.29 is 4.39 Å². The third-order valence-corrected chi connectivity index (χ3v) is 4.01. The van der Waals surface area contributed by atoms with Crippen molar-refractivity contribution in [3.05, 3.63) is 29.6 Å². The lowest BCUT2D eigenvalue weighted by atomic mass is 10.1. The molecule has 0 bridgehead atoms. The van der Waals surface area contributed by atoms with Gasteiger partial charge in [-0.25, -0.2) is 4.39 Å². The first-order chi connectivity index (χ1) is 9.28. The lowest BCUT2D eigenvalue weighted by molar-refractivity contribution is 0.138. The Kier molecular flexibility index (Phi) is 3.36. The van der Waals surface area contributed by atoms with Crippen LogP contribution in [0, 0.1) is 17.1 Å². The standard InChI is InChI=1S/C14H17FN4/c15-12-1-2-14(11(7-12)8-16)19-5-3-18(4-6-19)13-9-17-10-13/h1-2,7,13,17H,3-6,9-10H2. The molecule has 0 atom stereocenters.